The summed E-state index contributed by atoms with van der Waals surface area (Å²) in [5.74, 6) is 2.13. The minimum Gasteiger partial charge on any atom is -0.302 e. The highest BCUT2D eigenvalue weighted by Gasteiger charge is 2.36. The van der Waals surface area contributed by atoms with E-state index in [-0.39, 0.29) is 11.7 Å². The lowest BCUT2D eigenvalue weighted by molar-refractivity contribution is 0.0813. The lowest BCUT2D eigenvalue weighted by Crippen LogP contribution is -2.39. The van der Waals surface area contributed by atoms with Crippen LogP contribution < -0.4 is 0 Å². The second-order valence-corrected chi connectivity index (χ2v) is 7.79. The highest BCUT2D eigenvalue weighted by molar-refractivity contribution is 6.01. The number of rotatable bonds is 4. The number of nitrogens with zero attached hydrogens (tertiary/aromatic N) is 2. The molecule has 1 saturated carbocycles. The Morgan fingerprint density at radius 2 is 2.00 bits per heavy atom. The molecule has 1 saturated heterocycles. The van der Waals surface area contributed by atoms with Crippen LogP contribution in [0.2, 0.25) is 0 Å². The summed E-state index contributed by atoms with van der Waals surface area (Å²) in [6.45, 7) is 12.7. The summed E-state index contributed by atoms with van der Waals surface area (Å²) in [6.07, 6.45) is 3.48. The SMILES string of the molecule is [C-]#[N+]c1ccc2cc(C(=O)C3CCCN(CC4CC4C)C3)ccc2c1. The van der Waals surface area contributed by atoms with Crippen molar-refractivity contribution in [3.8, 4) is 0 Å². The summed E-state index contributed by atoms with van der Waals surface area (Å²) < 4.78 is 0. The Balaban J connectivity index is 1.49. The topological polar surface area (TPSA) is 24.7 Å². The quantitative estimate of drug-likeness (QED) is 0.585. The molecule has 0 radical (unpaired) electrons. The second kappa shape index (κ2) is 6.61. The van der Waals surface area contributed by atoms with Crippen molar-refractivity contribution < 1.29 is 4.79 Å². The highest BCUT2D eigenvalue weighted by atomic mass is 16.1. The van der Waals surface area contributed by atoms with Crippen molar-refractivity contribution in [2.75, 3.05) is 19.6 Å². The maximum Gasteiger partial charge on any atom is 0.187 e. The van der Waals surface area contributed by atoms with Gasteiger partial charge < -0.3 is 4.90 Å². The van der Waals surface area contributed by atoms with Crippen LogP contribution in [0.25, 0.3) is 15.6 Å². The minimum atomic E-state index is 0.128. The van der Waals surface area contributed by atoms with Gasteiger partial charge in [0.2, 0.25) is 0 Å². The predicted octanol–water partition coefficient (Wildman–Crippen LogP) is 4.94. The van der Waals surface area contributed by atoms with Crippen LogP contribution in [0.4, 0.5) is 5.69 Å². The highest BCUT2D eigenvalue weighted by Crippen LogP contribution is 2.39. The van der Waals surface area contributed by atoms with Crippen molar-refractivity contribution in [1.29, 1.82) is 0 Å². The molecule has 3 atom stereocenters. The van der Waals surface area contributed by atoms with Gasteiger partial charge >= 0.3 is 0 Å². The Labute approximate surface area is 149 Å². The lowest BCUT2D eigenvalue weighted by atomic mass is 9.89. The molecule has 3 nitrogen and oxygen atoms in total. The summed E-state index contributed by atoms with van der Waals surface area (Å²) in [5.41, 5.74) is 1.46. The van der Waals surface area contributed by atoms with Gasteiger partial charge in [0.05, 0.1) is 6.57 Å². The van der Waals surface area contributed by atoms with E-state index in [0.717, 1.165) is 54.1 Å². The number of fused-ring (bicyclic) bond motifs is 1. The van der Waals surface area contributed by atoms with Gasteiger partial charge in [-0.1, -0.05) is 31.2 Å². The number of ketones is 1. The molecule has 0 spiro atoms. The first-order valence-corrected chi connectivity index (χ1v) is 9.32. The number of hydrogen-bond donors (Lipinski definition) is 0. The zero-order valence-corrected chi connectivity index (χ0v) is 14.7. The summed E-state index contributed by atoms with van der Waals surface area (Å²) in [4.78, 5) is 19.0. The first-order chi connectivity index (χ1) is 12.1. The van der Waals surface area contributed by atoms with Crippen LogP contribution in [-0.2, 0) is 0 Å². The monoisotopic (exact) mass is 332 g/mol. The second-order valence-electron chi connectivity index (χ2n) is 7.79. The molecule has 0 bridgehead atoms. The Morgan fingerprint density at radius 1 is 1.24 bits per heavy atom. The molecule has 3 unspecified atom stereocenters. The van der Waals surface area contributed by atoms with Crippen LogP contribution in [0.1, 0.15) is 36.5 Å². The third kappa shape index (κ3) is 3.45. The predicted molar refractivity (Wildman–Crippen MR) is 101 cm³/mol. The van der Waals surface area contributed by atoms with E-state index in [4.69, 9.17) is 6.57 Å². The number of carbonyl (C=O) groups excluding carboxylic acids is 1. The van der Waals surface area contributed by atoms with Crippen molar-refractivity contribution in [3.63, 3.8) is 0 Å². The van der Waals surface area contributed by atoms with Gasteiger partial charge in [-0.3, -0.25) is 4.79 Å². The molecule has 3 heteroatoms. The zero-order chi connectivity index (χ0) is 17.4. The molecule has 4 rings (SSSR count). The number of carbonyl (C=O) groups is 1. The van der Waals surface area contributed by atoms with E-state index in [0.29, 0.717) is 5.69 Å². The Bertz CT molecular complexity index is 851. The molecule has 2 fully saturated rings. The fourth-order valence-corrected chi connectivity index (χ4v) is 4.11. The van der Waals surface area contributed by atoms with Crippen molar-refractivity contribution in [3.05, 3.63) is 53.4 Å². The van der Waals surface area contributed by atoms with Gasteiger partial charge in [-0.05, 0) is 60.5 Å². The van der Waals surface area contributed by atoms with Gasteiger partial charge in [-0.15, -0.1) is 0 Å². The summed E-state index contributed by atoms with van der Waals surface area (Å²) in [5, 5.41) is 2.07. The summed E-state index contributed by atoms with van der Waals surface area (Å²) >= 11 is 0. The molecule has 128 valence electrons. The standard InChI is InChI=1S/C22H24N2O/c1-15-10-20(15)14-24-9-3-4-19(13-24)22(25)18-6-5-17-12-21(23-2)8-7-16(17)11-18/h5-8,11-12,15,19-20H,3-4,9-10,13-14H2,1H3. The van der Waals surface area contributed by atoms with Crippen LogP contribution in [0.3, 0.4) is 0 Å². The smallest absolute Gasteiger partial charge is 0.187 e. The number of likely N-dealkylation sites (tertiary alicyclic amines) is 1. The van der Waals surface area contributed by atoms with Gasteiger partial charge in [0.1, 0.15) is 0 Å². The molecule has 2 aliphatic rings. The summed E-state index contributed by atoms with van der Waals surface area (Å²) in [7, 11) is 0. The Kier molecular flexibility index (Phi) is 4.31. The van der Waals surface area contributed by atoms with Gasteiger partial charge in [-0.2, -0.15) is 0 Å². The van der Waals surface area contributed by atoms with E-state index in [1.54, 1.807) is 0 Å². The van der Waals surface area contributed by atoms with Crippen LogP contribution in [0, 0.1) is 24.3 Å². The van der Waals surface area contributed by atoms with E-state index in [1.807, 2.05) is 36.4 Å². The first-order valence-electron chi connectivity index (χ1n) is 9.32. The van der Waals surface area contributed by atoms with Crippen molar-refractivity contribution >= 4 is 22.2 Å². The third-order valence-electron chi connectivity index (χ3n) is 5.88. The van der Waals surface area contributed by atoms with Gasteiger partial charge in [0, 0.05) is 24.6 Å². The average Bonchev–Trinajstić information content (AvgIpc) is 3.34. The molecule has 1 heterocycles. The van der Waals surface area contributed by atoms with Crippen LogP contribution in [-0.4, -0.2) is 30.3 Å². The summed E-state index contributed by atoms with van der Waals surface area (Å²) in [6, 6.07) is 11.6. The molecule has 2 aromatic rings. The number of benzene rings is 2. The molecule has 0 amide bonds. The van der Waals surface area contributed by atoms with Crippen LogP contribution >= 0.6 is 0 Å². The normalized spacial score (nSPS) is 26.3. The fourth-order valence-electron chi connectivity index (χ4n) is 4.11. The first kappa shape index (κ1) is 16.3. The number of hydrogen-bond acceptors (Lipinski definition) is 2. The average molecular weight is 332 g/mol. The maximum absolute atomic E-state index is 13.0. The molecular weight excluding hydrogens is 308 g/mol. The number of piperidine rings is 1. The van der Waals surface area contributed by atoms with Crippen LogP contribution in [0.15, 0.2) is 36.4 Å². The fraction of sp³-hybridized carbons (Fsp3) is 0.455. The molecule has 25 heavy (non-hydrogen) atoms. The molecule has 2 aromatic carbocycles. The largest absolute Gasteiger partial charge is 0.302 e. The van der Waals surface area contributed by atoms with E-state index in [9.17, 15) is 4.79 Å². The van der Waals surface area contributed by atoms with Gasteiger partial charge in [-0.25, -0.2) is 4.85 Å². The van der Waals surface area contributed by atoms with Crippen molar-refractivity contribution in [1.82, 2.24) is 4.90 Å². The Hall–Kier alpha value is -2.18. The lowest BCUT2D eigenvalue weighted by Gasteiger charge is -2.32. The van der Waals surface area contributed by atoms with E-state index < -0.39 is 0 Å². The molecule has 0 aromatic heterocycles. The van der Waals surface area contributed by atoms with E-state index in [2.05, 4.69) is 16.7 Å². The maximum atomic E-state index is 13.0. The van der Waals surface area contributed by atoms with Crippen molar-refractivity contribution in [2.45, 2.75) is 26.2 Å². The molecule has 1 aliphatic heterocycles. The molecule has 1 aliphatic carbocycles. The van der Waals surface area contributed by atoms with E-state index in [1.165, 1.54) is 13.0 Å². The Morgan fingerprint density at radius 3 is 2.76 bits per heavy atom. The van der Waals surface area contributed by atoms with Gasteiger partial charge in [0.15, 0.2) is 11.5 Å². The van der Waals surface area contributed by atoms with Gasteiger partial charge in [0.25, 0.3) is 0 Å². The zero-order valence-electron chi connectivity index (χ0n) is 14.7. The van der Waals surface area contributed by atoms with E-state index >= 15 is 0 Å². The molecule has 0 N–H and O–H groups in total. The third-order valence-corrected chi connectivity index (χ3v) is 5.88. The molecular formula is C22H24N2O. The minimum absolute atomic E-state index is 0.128. The number of Topliss-reactive ketones (excluding diaryl/α,β-unsaturated/α-hetero) is 1. The van der Waals surface area contributed by atoms with Crippen LogP contribution in [0.5, 0.6) is 0 Å². The van der Waals surface area contributed by atoms with Crippen molar-refractivity contribution in [2.24, 2.45) is 17.8 Å².